The number of aryl methyl sites for hydroxylation is 1. The lowest BCUT2D eigenvalue weighted by molar-refractivity contribution is -0.143. The van der Waals surface area contributed by atoms with Crippen molar-refractivity contribution in [3.05, 3.63) is 29.3 Å². The van der Waals surface area contributed by atoms with Crippen molar-refractivity contribution in [2.75, 3.05) is 7.11 Å². The van der Waals surface area contributed by atoms with E-state index in [2.05, 4.69) is 0 Å². The number of ether oxygens (including phenoxy) is 1. The van der Waals surface area contributed by atoms with E-state index in [0.717, 1.165) is 23.3 Å². The Kier molecular flexibility index (Phi) is 4.16. The summed E-state index contributed by atoms with van der Waals surface area (Å²) in [5.41, 5.74) is 1.06. The molecule has 1 atom stereocenters. The van der Waals surface area contributed by atoms with Crippen LogP contribution in [0.25, 0.3) is 0 Å². The summed E-state index contributed by atoms with van der Waals surface area (Å²) in [5, 5.41) is 9.34. The molecule has 1 unspecified atom stereocenters. The molecular weight excluding hydrogens is 216 g/mol. The van der Waals surface area contributed by atoms with E-state index in [9.17, 15) is 9.90 Å². The summed E-state index contributed by atoms with van der Waals surface area (Å²) in [4.78, 5) is 11.4. The van der Waals surface area contributed by atoms with Gasteiger partial charge < -0.3 is 9.84 Å². The van der Waals surface area contributed by atoms with Gasteiger partial charge in [0.25, 0.3) is 0 Å². The molecule has 0 saturated heterocycles. The van der Waals surface area contributed by atoms with E-state index < -0.39 is 11.4 Å². The van der Waals surface area contributed by atoms with Crippen LogP contribution in [0.15, 0.2) is 18.2 Å². The zero-order valence-corrected chi connectivity index (χ0v) is 10.9. The van der Waals surface area contributed by atoms with E-state index in [1.807, 2.05) is 32.0 Å². The molecule has 0 heterocycles. The lowest BCUT2D eigenvalue weighted by atomic mass is 9.79. The highest BCUT2D eigenvalue weighted by Crippen LogP contribution is 2.31. The second-order valence-electron chi connectivity index (χ2n) is 4.37. The van der Waals surface area contributed by atoms with Crippen LogP contribution in [-0.2, 0) is 16.6 Å². The first-order valence-electron chi connectivity index (χ1n) is 5.90. The maximum absolute atomic E-state index is 11.4. The van der Waals surface area contributed by atoms with Crippen LogP contribution >= 0.6 is 0 Å². The standard InChI is InChI=1S/C14H20O3/c1-5-10-9-11(7-8-12(10)17-4)14(3,6-2)13(15)16/h7-9H,5-6H2,1-4H3,(H,15,16). The van der Waals surface area contributed by atoms with Gasteiger partial charge in [0, 0.05) is 0 Å². The zero-order valence-electron chi connectivity index (χ0n) is 10.9. The van der Waals surface area contributed by atoms with Crippen molar-refractivity contribution in [3.8, 4) is 5.75 Å². The van der Waals surface area contributed by atoms with Crippen LogP contribution in [0.3, 0.4) is 0 Å². The molecule has 0 saturated carbocycles. The first kappa shape index (κ1) is 13.6. The summed E-state index contributed by atoms with van der Waals surface area (Å²) in [5.74, 6) is 0.0345. The van der Waals surface area contributed by atoms with E-state index in [1.54, 1.807) is 14.0 Å². The smallest absolute Gasteiger partial charge is 0.313 e. The molecule has 0 aliphatic carbocycles. The van der Waals surface area contributed by atoms with Crippen molar-refractivity contribution < 1.29 is 14.6 Å². The number of rotatable bonds is 5. The highest BCUT2D eigenvalue weighted by molar-refractivity contribution is 5.81. The van der Waals surface area contributed by atoms with Crippen molar-refractivity contribution in [2.24, 2.45) is 0 Å². The molecule has 0 aliphatic rings. The molecule has 17 heavy (non-hydrogen) atoms. The molecule has 1 aromatic carbocycles. The summed E-state index contributed by atoms with van der Waals surface area (Å²) in [6, 6.07) is 5.64. The van der Waals surface area contributed by atoms with E-state index in [1.165, 1.54) is 0 Å². The number of aliphatic carboxylic acids is 1. The second kappa shape index (κ2) is 5.21. The Morgan fingerprint density at radius 1 is 1.41 bits per heavy atom. The van der Waals surface area contributed by atoms with Crippen LogP contribution in [0.1, 0.15) is 38.3 Å². The van der Waals surface area contributed by atoms with Crippen molar-refractivity contribution >= 4 is 5.97 Å². The Bertz CT molecular complexity index is 412. The molecular formula is C14H20O3. The summed E-state index contributed by atoms with van der Waals surface area (Å²) < 4.78 is 5.25. The number of methoxy groups -OCH3 is 1. The quantitative estimate of drug-likeness (QED) is 0.854. The van der Waals surface area contributed by atoms with Crippen LogP contribution in [-0.4, -0.2) is 18.2 Å². The van der Waals surface area contributed by atoms with Gasteiger partial charge in [-0.1, -0.05) is 26.0 Å². The molecule has 1 aromatic rings. The fourth-order valence-corrected chi connectivity index (χ4v) is 1.88. The predicted octanol–water partition coefficient (Wildman–Crippen LogP) is 3.01. The third-order valence-corrected chi connectivity index (χ3v) is 3.48. The van der Waals surface area contributed by atoms with E-state index in [0.29, 0.717) is 6.42 Å². The number of carboxylic acids is 1. The third kappa shape index (κ3) is 2.43. The number of carboxylic acid groups (broad SMARTS) is 1. The molecule has 0 aromatic heterocycles. The molecule has 0 aliphatic heterocycles. The monoisotopic (exact) mass is 236 g/mol. The van der Waals surface area contributed by atoms with Gasteiger partial charge in [-0.25, -0.2) is 0 Å². The van der Waals surface area contributed by atoms with Crippen molar-refractivity contribution in [1.29, 1.82) is 0 Å². The molecule has 0 spiro atoms. The van der Waals surface area contributed by atoms with Crippen molar-refractivity contribution in [1.82, 2.24) is 0 Å². The SMILES string of the molecule is CCc1cc(C(C)(CC)C(=O)O)ccc1OC. The summed E-state index contributed by atoms with van der Waals surface area (Å²) >= 11 is 0. The molecule has 0 amide bonds. The molecule has 1 rings (SSSR count). The van der Waals surface area contributed by atoms with Gasteiger partial charge in [0.1, 0.15) is 5.75 Å². The lowest BCUT2D eigenvalue weighted by Gasteiger charge is -2.24. The maximum atomic E-state index is 11.4. The average molecular weight is 236 g/mol. The Hall–Kier alpha value is -1.51. The van der Waals surface area contributed by atoms with Crippen molar-refractivity contribution in [2.45, 2.75) is 39.0 Å². The maximum Gasteiger partial charge on any atom is 0.313 e. The van der Waals surface area contributed by atoms with Crippen LogP contribution in [0, 0.1) is 0 Å². The summed E-state index contributed by atoms with van der Waals surface area (Å²) in [6.07, 6.45) is 1.40. The minimum atomic E-state index is -0.823. The Morgan fingerprint density at radius 3 is 2.47 bits per heavy atom. The van der Waals surface area contributed by atoms with Gasteiger partial charge in [0.2, 0.25) is 0 Å². The highest BCUT2D eigenvalue weighted by Gasteiger charge is 2.33. The van der Waals surface area contributed by atoms with Crippen LogP contribution in [0.2, 0.25) is 0 Å². The molecule has 0 radical (unpaired) electrons. The second-order valence-corrected chi connectivity index (χ2v) is 4.37. The first-order chi connectivity index (χ1) is 7.99. The van der Waals surface area contributed by atoms with Gasteiger partial charge in [0.05, 0.1) is 12.5 Å². The zero-order chi connectivity index (χ0) is 13.1. The van der Waals surface area contributed by atoms with Gasteiger partial charge >= 0.3 is 5.97 Å². The normalized spacial score (nSPS) is 14.1. The number of hydrogen-bond acceptors (Lipinski definition) is 2. The fraction of sp³-hybridized carbons (Fsp3) is 0.500. The highest BCUT2D eigenvalue weighted by atomic mass is 16.5. The minimum Gasteiger partial charge on any atom is -0.496 e. The van der Waals surface area contributed by atoms with Crippen LogP contribution in [0.5, 0.6) is 5.75 Å². The molecule has 94 valence electrons. The lowest BCUT2D eigenvalue weighted by Crippen LogP contribution is -2.31. The van der Waals surface area contributed by atoms with E-state index in [4.69, 9.17) is 4.74 Å². The topological polar surface area (TPSA) is 46.5 Å². The van der Waals surface area contributed by atoms with Crippen molar-refractivity contribution in [3.63, 3.8) is 0 Å². The average Bonchev–Trinajstić information content (AvgIpc) is 2.36. The van der Waals surface area contributed by atoms with E-state index in [-0.39, 0.29) is 0 Å². The van der Waals surface area contributed by atoms with Gasteiger partial charge in [0.15, 0.2) is 0 Å². The van der Waals surface area contributed by atoms with Crippen LogP contribution in [0.4, 0.5) is 0 Å². The van der Waals surface area contributed by atoms with Gasteiger partial charge in [-0.3, -0.25) is 4.79 Å². The molecule has 0 fully saturated rings. The van der Waals surface area contributed by atoms with Gasteiger partial charge in [-0.05, 0) is 37.0 Å². The Labute approximate surface area is 102 Å². The number of hydrogen-bond donors (Lipinski definition) is 1. The molecule has 3 heteroatoms. The molecule has 0 bridgehead atoms. The first-order valence-corrected chi connectivity index (χ1v) is 5.90. The fourth-order valence-electron chi connectivity index (χ4n) is 1.88. The van der Waals surface area contributed by atoms with Gasteiger partial charge in [-0.15, -0.1) is 0 Å². The summed E-state index contributed by atoms with van der Waals surface area (Å²) in [7, 11) is 1.63. The Morgan fingerprint density at radius 2 is 2.06 bits per heavy atom. The summed E-state index contributed by atoms with van der Waals surface area (Å²) in [6.45, 7) is 5.69. The largest absolute Gasteiger partial charge is 0.496 e. The Balaban J connectivity index is 3.27. The third-order valence-electron chi connectivity index (χ3n) is 3.48. The number of benzene rings is 1. The predicted molar refractivity (Wildman–Crippen MR) is 67.7 cm³/mol. The molecule has 1 N–H and O–H groups in total. The minimum absolute atomic E-state index is 0.567. The van der Waals surface area contributed by atoms with E-state index >= 15 is 0 Å². The number of carbonyl (C=O) groups is 1. The van der Waals surface area contributed by atoms with Gasteiger partial charge in [-0.2, -0.15) is 0 Å². The molecule has 3 nitrogen and oxygen atoms in total. The van der Waals surface area contributed by atoms with Crippen LogP contribution < -0.4 is 4.74 Å².